The standard InChI is InChI=1S/C12H25BO4/c1-11(2,3)15-8-10(16-9(13)7-14)17-12(4,5)6/h9-10,14H,7-8H2,1-6H3. The van der Waals surface area contributed by atoms with Crippen LogP contribution < -0.4 is 0 Å². The van der Waals surface area contributed by atoms with Crippen LogP contribution in [-0.2, 0) is 14.2 Å². The second-order valence-corrected chi connectivity index (χ2v) is 5.94. The summed E-state index contributed by atoms with van der Waals surface area (Å²) >= 11 is 0. The first-order valence-corrected chi connectivity index (χ1v) is 5.87. The molecule has 100 valence electrons. The number of rotatable bonds is 6. The van der Waals surface area contributed by atoms with Gasteiger partial charge in [0, 0.05) is 6.00 Å². The minimum absolute atomic E-state index is 0.250. The number of hydrogen-bond donors (Lipinski definition) is 1. The first kappa shape index (κ1) is 16.9. The average Bonchev–Trinajstić information content (AvgIpc) is 2.10. The van der Waals surface area contributed by atoms with Crippen LogP contribution in [0.25, 0.3) is 0 Å². The lowest BCUT2D eigenvalue weighted by Crippen LogP contribution is -2.38. The van der Waals surface area contributed by atoms with E-state index in [9.17, 15) is 0 Å². The van der Waals surface area contributed by atoms with Gasteiger partial charge in [-0.25, -0.2) is 0 Å². The fourth-order valence-corrected chi connectivity index (χ4v) is 1.05. The third kappa shape index (κ3) is 10.8. The van der Waals surface area contributed by atoms with Crippen molar-refractivity contribution in [2.45, 2.75) is 65.0 Å². The summed E-state index contributed by atoms with van der Waals surface area (Å²) in [7, 11) is 5.52. The first-order chi connectivity index (χ1) is 7.53. The van der Waals surface area contributed by atoms with Crippen molar-refractivity contribution in [3.63, 3.8) is 0 Å². The van der Waals surface area contributed by atoms with Crippen LogP contribution in [0, 0.1) is 0 Å². The molecule has 0 saturated carbocycles. The Morgan fingerprint density at radius 3 is 1.94 bits per heavy atom. The normalized spacial score (nSPS) is 16.9. The van der Waals surface area contributed by atoms with Gasteiger partial charge in [0.1, 0.15) is 7.85 Å². The Balaban J connectivity index is 4.30. The molecule has 0 fully saturated rings. The van der Waals surface area contributed by atoms with E-state index in [2.05, 4.69) is 0 Å². The Hall–Kier alpha value is -0.0951. The molecule has 1 N–H and O–H groups in total. The fraction of sp³-hybridized carbons (Fsp3) is 1.00. The van der Waals surface area contributed by atoms with E-state index in [0.29, 0.717) is 0 Å². The molecule has 5 heteroatoms. The van der Waals surface area contributed by atoms with Gasteiger partial charge in [-0.05, 0) is 41.5 Å². The molecule has 0 bridgehead atoms. The second-order valence-electron chi connectivity index (χ2n) is 5.94. The Morgan fingerprint density at radius 2 is 1.59 bits per heavy atom. The minimum atomic E-state index is -0.758. The topological polar surface area (TPSA) is 47.9 Å². The van der Waals surface area contributed by atoms with Gasteiger partial charge in [0.2, 0.25) is 0 Å². The van der Waals surface area contributed by atoms with Gasteiger partial charge in [-0.15, -0.1) is 0 Å². The average molecular weight is 244 g/mol. The van der Waals surface area contributed by atoms with Crippen molar-refractivity contribution in [2.24, 2.45) is 0 Å². The zero-order chi connectivity index (χ0) is 13.7. The second kappa shape index (κ2) is 6.73. The molecule has 0 saturated heterocycles. The zero-order valence-electron chi connectivity index (χ0n) is 11.8. The highest BCUT2D eigenvalue weighted by molar-refractivity contribution is 6.11. The van der Waals surface area contributed by atoms with Gasteiger partial charge in [-0.1, -0.05) is 0 Å². The number of hydrogen-bond acceptors (Lipinski definition) is 4. The fourth-order valence-electron chi connectivity index (χ4n) is 1.05. The maximum absolute atomic E-state index is 8.86. The predicted octanol–water partition coefficient (Wildman–Crippen LogP) is 1.45. The summed E-state index contributed by atoms with van der Waals surface area (Å²) in [6.45, 7) is 11.6. The minimum Gasteiger partial charge on any atom is -0.395 e. The van der Waals surface area contributed by atoms with E-state index in [1.807, 2.05) is 41.5 Å². The number of aliphatic hydroxyl groups excluding tert-OH is 1. The highest BCUT2D eigenvalue weighted by Crippen LogP contribution is 2.15. The van der Waals surface area contributed by atoms with Crippen LogP contribution in [0.15, 0.2) is 0 Å². The van der Waals surface area contributed by atoms with Crippen LogP contribution in [0.5, 0.6) is 0 Å². The summed E-state index contributed by atoms with van der Waals surface area (Å²) in [5.41, 5.74) is -0.632. The van der Waals surface area contributed by atoms with Crippen LogP contribution in [0.4, 0.5) is 0 Å². The molecule has 0 aromatic rings. The molecule has 2 atom stereocenters. The third-order valence-corrected chi connectivity index (χ3v) is 1.64. The van der Waals surface area contributed by atoms with Gasteiger partial charge in [0.25, 0.3) is 0 Å². The van der Waals surface area contributed by atoms with Gasteiger partial charge in [0.05, 0.1) is 24.4 Å². The number of ether oxygens (including phenoxy) is 3. The maximum atomic E-state index is 8.86. The lowest BCUT2D eigenvalue weighted by molar-refractivity contribution is -0.237. The van der Waals surface area contributed by atoms with E-state index in [1.54, 1.807) is 0 Å². The van der Waals surface area contributed by atoms with Crippen LogP contribution >= 0.6 is 0 Å². The largest absolute Gasteiger partial charge is 0.395 e. The van der Waals surface area contributed by atoms with Crippen LogP contribution in [0.1, 0.15) is 41.5 Å². The highest BCUT2D eigenvalue weighted by atomic mass is 16.7. The van der Waals surface area contributed by atoms with E-state index >= 15 is 0 Å². The van der Waals surface area contributed by atoms with E-state index in [4.69, 9.17) is 27.2 Å². The lowest BCUT2D eigenvalue weighted by Gasteiger charge is -2.31. The van der Waals surface area contributed by atoms with Crippen molar-refractivity contribution in [1.29, 1.82) is 0 Å². The van der Waals surface area contributed by atoms with Crippen LogP contribution in [-0.4, -0.2) is 49.7 Å². The van der Waals surface area contributed by atoms with Crippen molar-refractivity contribution >= 4 is 7.85 Å². The lowest BCUT2D eigenvalue weighted by atomic mass is 10.0. The zero-order valence-corrected chi connectivity index (χ0v) is 11.8. The van der Waals surface area contributed by atoms with Crippen molar-refractivity contribution in [2.75, 3.05) is 13.2 Å². The molecule has 17 heavy (non-hydrogen) atoms. The first-order valence-electron chi connectivity index (χ1n) is 5.87. The van der Waals surface area contributed by atoms with Gasteiger partial charge in [0.15, 0.2) is 6.29 Å². The van der Waals surface area contributed by atoms with E-state index in [1.165, 1.54) is 0 Å². The number of aliphatic hydroxyl groups is 1. The molecule has 0 spiro atoms. The molecule has 0 aliphatic rings. The molecule has 0 aliphatic carbocycles. The summed E-state index contributed by atoms with van der Waals surface area (Å²) < 4.78 is 16.6. The predicted molar refractivity (Wildman–Crippen MR) is 68.0 cm³/mol. The molecule has 0 heterocycles. The molecular weight excluding hydrogens is 219 g/mol. The Labute approximate surface area is 106 Å². The van der Waals surface area contributed by atoms with Crippen LogP contribution in [0.2, 0.25) is 0 Å². The highest BCUT2D eigenvalue weighted by Gasteiger charge is 2.23. The van der Waals surface area contributed by atoms with E-state index < -0.39 is 12.3 Å². The molecule has 2 unspecified atom stereocenters. The Bertz CT molecular complexity index is 208. The van der Waals surface area contributed by atoms with Crippen molar-refractivity contribution in [1.82, 2.24) is 0 Å². The summed E-state index contributed by atoms with van der Waals surface area (Å²) in [5.74, 6) is 0. The Morgan fingerprint density at radius 1 is 1.06 bits per heavy atom. The SMILES string of the molecule is [B]C(CO)OC(COC(C)(C)C)OC(C)(C)C. The molecule has 0 aromatic carbocycles. The molecule has 0 aromatic heterocycles. The molecule has 0 amide bonds. The third-order valence-electron chi connectivity index (χ3n) is 1.64. The molecule has 4 nitrogen and oxygen atoms in total. The van der Waals surface area contributed by atoms with Gasteiger partial charge in [-0.2, -0.15) is 0 Å². The van der Waals surface area contributed by atoms with Crippen LogP contribution in [0.3, 0.4) is 0 Å². The van der Waals surface area contributed by atoms with Crippen molar-refractivity contribution in [3.8, 4) is 0 Å². The van der Waals surface area contributed by atoms with Gasteiger partial charge >= 0.3 is 0 Å². The van der Waals surface area contributed by atoms with E-state index in [-0.39, 0.29) is 24.4 Å². The monoisotopic (exact) mass is 244 g/mol. The smallest absolute Gasteiger partial charge is 0.180 e. The molecular formula is C12H25BO4. The van der Waals surface area contributed by atoms with Crippen molar-refractivity contribution < 1.29 is 19.3 Å². The summed E-state index contributed by atoms with van der Waals surface area (Å²) in [5, 5.41) is 8.86. The van der Waals surface area contributed by atoms with Gasteiger partial charge < -0.3 is 19.3 Å². The molecule has 0 aliphatic heterocycles. The summed E-state index contributed by atoms with van der Waals surface area (Å²) in [6, 6.07) is -0.758. The molecule has 2 radical (unpaired) electrons. The van der Waals surface area contributed by atoms with Gasteiger partial charge in [-0.3, -0.25) is 0 Å². The maximum Gasteiger partial charge on any atom is 0.180 e. The Kier molecular flexibility index (Phi) is 6.70. The summed E-state index contributed by atoms with van der Waals surface area (Å²) in [4.78, 5) is 0. The summed E-state index contributed by atoms with van der Waals surface area (Å²) in [6.07, 6.45) is -0.587. The van der Waals surface area contributed by atoms with E-state index in [0.717, 1.165) is 0 Å². The quantitative estimate of drug-likeness (QED) is 0.567. The molecule has 0 rings (SSSR count). The van der Waals surface area contributed by atoms with Crippen molar-refractivity contribution in [3.05, 3.63) is 0 Å².